The zero-order valence-electron chi connectivity index (χ0n) is 10.3. The summed E-state index contributed by atoms with van der Waals surface area (Å²) in [5, 5.41) is 8.55. The maximum Gasteiger partial charge on any atom is 0.322 e. The van der Waals surface area contributed by atoms with Crippen molar-refractivity contribution in [2.75, 3.05) is 5.75 Å². The molecule has 20 heavy (non-hydrogen) atoms. The molecule has 2 rings (SSSR count). The fraction of sp³-hybridized carbons (Fsp3) is 0.364. The summed E-state index contributed by atoms with van der Waals surface area (Å²) >= 11 is 4.25. The molecule has 0 radical (unpaired) electrons. The zero-order chi connectivity index (χ0) is 15.1. The minimum atomic E-state index is -4.19. The quantitative estimate of drug-likeness (QED) is 0.864. The molecule has 1 aromatic carbocycles. The summed E-state index contributed by atoms with van der Waals surface area (Å²) in [4.78, 5) is 10.6. The molecular weight excluding hydrogens is 373 g/mol. The van der Waals surface area contributed by atoms with Gasteiger partial charge in [0.2, 0.25) is 10.0 Å². The minimum Gasteiger partial charge on any atom is -0.480 e. The topological polar surface area (TPSA) is 74.7 Å². The molecule has 1 N–H and O–H groups in total. The van der Waals surface area contributed by atoms with Gasteiger partial charge in [-0.15, -0.1) is 11.8 Å². The van der Waals surface area contributed by atoms with Crippen molar-refractivity contribution in [1.29, 1.82) is 0 Å². The Hall–Kier alpha value is -0.640. The number of hydrogen-bond acceptors (Lipinski definition) is 4. The Balaban J connectivity index is 2.51. The van der Waals surface area contributed by atoms with Crippen molar-refractivity contribution in [3.8, 4) is 0 Å². The molecule has 110 valence electrons. The van der Waals surface area contributed by atoms with Crippen LogP contribution in [0, 0.1) is 5.82 Å². The first-order chi connectivity index (χ1) is 9.25. The molecule has 2 atom stereocenters. The van der Waals surface area contributed by atoms with Gasteiger partial charge in [-0.05, 0) is 25.1 Å². The van der Waals surface area contributed by atoms with Crippen LogP contribution in [0.15, 0.2) is 27.6 Å². The molecule has 0 aliphatic carbocycles. The van der Waals surface area contributed by atoms with Crippen LogP contribution in [0.25, 0.3) is 0 Å². The van der Waals surface area contributed by atoms with Gasteiger partial charge in [0.05, 0.1) is 5.37 Å². The van der Waals surface area contributed by atoms with Crippen LogP contribution in [0.2, 0.25) is 0 Å². The second-order valence-electron chi connectivity index (χ2n) is 4.20. The first kappa shape index (κ1) is 15.7. The van der Waals surface area contributed by atoms with Crippen LogP contribution in [0.3, 0.4) is 0 Å². The van der Waals surface area contributed by atoms with Crippen molar-refractivity contribution in [2.45, 2.75) is 23.2 Å². The van der Waals surface area contributed by atoms with Crippen molar-refractivity contribution in [3.05, 3.63) is 28.5 Å². The molecule has 5 nitrogen and oxygen atoms in total. The number of hydrogen-bond donors (Lipinski definition) is 1. The van der Waals surface area contributed by atoms with Crippen LogP contribution in [-0.2, 0) is 14.8 Å². The Labute approximate surface area is 128 Å². The van der Waals surface area contributed by atoms with E-state index in [1.165, 1.54) is 17.8 Å². The fourth-order valence-electron chi connectivity index (χ4n) is 1.97. The molecule has 1 fully saturated rings. The molecule has 0 aromatic heterocycles. The zero-order valence-corrected chi connectivity index (χ0v) is 13.5. The summed E-state index contributed by atoms with van der Waals surface area (Å²) in [6.07, 6.45) is 0. The van der Waals surface area contributed by atoms with E-state index in [2.05, 4.69) is 15.9 Å². The number of carbonyl (C=O) groups is 1. The predicted molar refractivity (Wildman–Crippen MR) is 76.5 cm³/mol. The third-order valence-electron chi connectivity index (χ3n) is 2.90. The standard InChI is InChI=1S/C11H11BrFNO4S2/c1-6-14(9(5-19-6)11(15)16)20(17,18)10-3-2-7(12)4-8(10)13/h2-4,6,9H,5H2,1H3,(H,15,16). The third-order valence-corrected chi connectivity index (χ3v) is 6.75. The van der Waals surface area contributed by atoms with Gasteiger partial charge in [0.25, 0.3) is 0 Å². The average molecular weight is 384 g/mol. The highest BCUT2D eigenvalue weighted by Gasteiger charge is 2.45. The van der Waals surface area contributed by atoms with E-state index >= 15 is 0 Å². The lowest BCUT2D eigenvalue weighted by molar-refractivity contribution is -0.140. The van der Waals surface area contributed by atoms with Crippen molar-refractivity contribution >= 4 is 43.7 Å². The number of carboxylic acids is 1. The molecule has 2 unspecified atom stereocenters. The third kappa shape index (κ3) is 2.72. The van der Waals surface area contributed by atoms with E-state index in [-0.39, 0.29) is 5.75 Å². The Morgan fingerprint density at radius 2 is 2.20 bits per heavy atom. The summed E-state index contributed by atoms with van der Waals surface area (Å²) in [5.74, 6) is -2.00. The first-order valence-corrected chi connectivity index (χ1v) is 8.86. The molecule has 0 bridgehead atoms. The van der Waals surface area contributed by atoms with Crippen LogP contribution >= 0.6 is 27.7 Å². The van der Waals surface area contributed by atoms with Crippen LogP contribution in [0.1, 0.15) is 6.92 Å². The smallest absolute Gasteiger partial charge is 0.322 e. The maximum atomic E-state index is 13.9. The second-order valence-corrected chi connectivity index (χ2v) is 8.27. The Morgan fingerprint density at radius 1 is 1.55 bits per heavy atom. The van der Waals surface area contributed by atoms with Crippen LogP contribution in [0.4, 0.5) is 4.39 Å². The molecule has 0 spiro atoms. The molecular formula is C11H11BrFNO4S2. The number of carboxylic acid groups (broad SMARTS) is 1. The molecule has 9 heteroatoms. The lowest BCUT2D eigenvalue weighted by atomic mass is 10.3. The Bertz CT molecular complexity index is 652. The lowest BCUT2D eigenvalue weighted by Crippen LogP contribution is -2.44. The number of nitrogens with zero attached hydrogens (tertiary/aromatic N) is 1. The summed E-state index contributed by atoms with van der Waals surface area (Å²) in [5.41, 5.74) is 0. The van der Waals surface area contributed by atoms with Crippen molar-refractivity contribution < 1.29 is 22.7 Å². The molecule has 0 amide bonds. The number of rotatable bonds is 3. The number of halogens is 2. The first-order valence-electron chi connectivity index (χ1n) is 5.58. The number of thioether (sulfide) groups is 1. The van der Waals surface area contributed by atoms with E-state index in [0.29, 0.717) is 4.47 Å². The number of aliphatic carboxylic acids is 1. The minimum absolute atomic E-state index is 0.147. The highest BCUT2D eigenvalue weighted by Crippen LogP contribution is 2.35. The van der Waals surface area contributed by atoms with Gasteiger partial charge < -0.3 is 5.11 Å². The van der Waals surface area contributed by atoms with Gasteiger partial charge in [0.1, 0.15) is 16.8 Å². The maximum absolute atomic E-state index is 13.9. The SMILES string of the molecule is CC1SCC(C(=O)O)N1S(=O)(=O)c1ccc(Br)cc1F. The van der Waals surface area contributed by atoms with Crippen molar-refractivity contribution in [3.63, 3.8) is 0 Å². The van der Waals surface area contributed by atoms with Crippen molar-refractivity contribution in [1.82, 2.24) is 4.31 Å². The highest BCUT2D eigenvalue weighted by atomic mass is 79.9. The van der Waals surface area contributed by atoms with Gasteiger partial charge in [-0.2, -0.15) is 4.31 Å². The van der Waals surface area contributed by atoms with Gasteiger partial charge in [0, 0.05) is 10.2 Å². The van der Waals surface area contributed by atoms with E-state index in [4.69, 9.17) is 5.11 Å². The summed E-state index contributed by atoms with van der Waals surface area (Å²) < 4.78 is 40.1. The van der Waals surface area contributed by atoms with Gasteiger partial charge in [0.15, 0.2) is 0 Å². The molecule has 1 aromatic rings. The Morgan fingerprint density at radius 3 is 2.75 bits per heavy atom. The van der Waals surface area contributed by atoms with E-state index in [9.17, 15) is 17.6 Å². The normalized spacial score (nSPS) is 23.9. The van der Waals surface area contributed by atoms with Gasteiger partial charge in [-0.1, -0.05) is 15.9 Å². The summed E-state index contributed by atoms with van der Waals surface area (Å²) in [6, 6.07) is 2.39. The van der Waals surface area contributed by atoms with Gasteiger partial charge >= 0.3 is 5.97 Å². The van der Waals surface area contributed by atoms with E-state index in [0.717, 1.165) is 16.4 Å². The molecule has 1 heterocycles. The number of sulfonamides is 1. The van der Waals surface area contributed by atoms with E-state index in [1.807, 2.05) is 0 Å². The summed E-state index contributed by atoms with van der Waals surface area (Å²) in [6.45, 7) is 1.59. The van der Waals surface area contributed by atoms with E-state index < -0.39 is 38.1 Å². The second kappa shape index (κ2) is 5.63. The molecule has 1 aliphatic rings. The monoisotopic (exact) mass is 383 g/mol. The average Bonchev–Trinajstić information content (AvgIpc) is 2.71. The van der Waals surface area contributed by atoms with E-state index in [1.54, 1.807) is 6.92 Å². The molecule has 1 aliphatic heterocycles. The van der Waals surface area contributed by atoms with Crippen LogP contribution in [0.5, 0.6) is 0 Å². The van der Waals surface area contributed by atoms with Crippen molar-refractivity contribution in [2.24, 2.45) is 0 Å². The predicted octanol–water partition coefficient (Wildman–Crippen LogP) is 2.12. The fourth-order valence-corrected chi connectivity index (χ4v) is 5.64. The Kier molecular flexibility index (Phi) is 4.43. The number of benzene rings is 1. The molecule has 1 saturated heterocycles. The van der Waals surface area contributed by atoms with Crippen LogP contribution < -0.4 is 0 Å². The summed E-state index contributed by atoms with van der Waals surface area (Å²) in [7, 11) is -4.19. The lowest BCUT2D eigenvalue weighted by Gasteiger charge is -2.24. The van der Waals surface area contributed by atoms with Crippen LogP contribution in [-0.4, -0.2) is 41.0 Å². The van der Waals surface area contributed by atoms with Gasteiger partial charge in [-0.25, -0.2) is 12.8 Å². The highest BCUT2D eigenvalue weighted by molar-refractivity contribution is 9.10. The largest absolute Gasteiger partial charge is 0.480 e. The van der Waals surface area contributed by atoms with Gasteiger partial charge in [-0.3, -0.25) is 4.79 Å². The molecule has 0 saturated carbocycles.